The Morgan fingerprint density at radius 3 is 2.22 bits per heavy atom. The van der Waals surface area contributed by atoms with Gasteiger partial charge in [0.05, 0.1) is 11.8 Å². The molecular weight excluding hydrogens is 362 g/mol. The molecule has 0 aliphatic rings. The van der Waals surface area contributed by atoms with E-state index < -0.39 is 16.1 Å². The first-order valence-corrected chi connectivity index (χ1v) is 10.6. The fourth-order valence-electron chi connectivity index (χ4n) is 2.75. The van der Waals surface area contributed by atoms with E-state index in [0.717, 1.165) is 11.1 Å². The van der Waals surface area contributed by atoms with E-state index in [0.29, 0.717) is 12.0 Å². The highest BCUT2D eigenvalue weighted by molar-refractivity contribution is 7.88. The summed E-state index contributed by atoms with van der Waals surface area (Å²) in [4.78, 5) is 12.3. The monoisotopic (exact) mass is 389 g/mol. The maximum atomic E-state index is 12.3. The van der Waals surface area contributed by atoms with Crippen LogP contribution in [0.4, 0.5) is 0 Å². The average Bonchev–Trinajstić information content (AvgIpc) is 2.60. The van der Waals surface area contributed by atoms with Crippen molar-refractivity contribution >= 4 is 15.9 Å². The van der Waals surface area contributed by atoms with Crippen molar-refractivity contribution in [3.63, 3.8) is 0 Å². The molecule has 6 nitrogen and oxygen atoms in total. The first-order valence-electron chi connectivity index (χ1n) is 8.91. The van der Waals surface area contributed by atoms with Crippen LogP contribution >= 0.6 is 0 Å². The van der Waals surface area contributed by atoms with Crippen LogP contribution in [0.3, 0.4) is 0 Å². The maximum absolute atomic E-state index is 12.3. The molecule has 0 heterocycles. The lowest BCUT2D eigenvalue weighted by atomic mass is 10.1. The Morgan fingerprint density at radius 2 is 1.59 bits per heavy atom. The number of hydrogen-bond acceptors (Lipinski definition) is 4. The third kappa shape index (κ3) is 7.13. The Morgan fingerprint density at radius 1 is 1.00 bits per heavy atom. The molecule has 7 heteroatoms. The third-order valence-electron chi connectivity index (χ3n) is 3.97. The summed E-state index contributed by atoms with van der Waals surface area (Å²) in [5.74, 6) is -0.398. The van der Waals surface area contributed by atoms with Crippen LogP contribution in [0.5, 0.6) is 0 Å². The van der Waals surface area contributed by atoms with E-state index in [2.05, 4.69) is 10.0 Å². The maximum Gasteiger partial charge on any atom is 0.237 e. The highest BCUT2D eigenvalue weighted by Gasteiger charge is 2.17. The molecule has 2 aromatic carbocycles. The fraction of sp³-hybridized carbons (Fsp3) is 0.350. The second-order valence-corrected chi connectivity index (χ2v) is 8.57. The fourth-order valence-corrected chi connectivity index (χ4v) is 4.24. The Bertz CT molecular complexity index is 852. The standard InChI is InChI=1S/C20H27N3O3S/c1-15(2)23-27(25,26)14-18-11-7-6-10-17(18)13-22-20(24)19(21)12-16-8-4-3-5-9-16/h3-11,15,19,23H,12-14,21H2,1-2H3,(H,22,24)/t19-/m0/s1. The number of benzene rings is 2. The molecule has 0 spiro atoms. The molecule has 0 radical (unpaired) electrons. The Balaban J connectivity index is 1.98. The highest BCUT2D eigenvalue weighted by atomic mass is 32.2. The Hall–Kier alpha value is -2.22. The molecule has 27 heavy (non-hydrogen) atoms. The van der Waals surface area contributed by atoms with Crippen molar-refractivity contribution in [2.75, 3.05) is 0 Å². The SMILES string of the molecule is CC(C)NS(=O)(=O)Cc1ccccc1CNC(=O)[C@@H](N)Cc1ccccc1. The zero-order chi connectivity index (χ0) is 19.9. The summed E-state index contributed by atoms with van der Waals surface area (Å²) in [6.07, 6.45) is 0.445. The molecular formula is C20H27N3O3S. The molecule has 2 rings (SSSR count). The Labute approximate surface area is 161 Å². The first kappa shape index (κ1) is 21.1. The lowest BCUT2D eigenvalue weighted by molar-refractivity contribution is -0.122. The minimum atomic E-state index is -3.44. The van der Waals surface area contributed by atoms with Crippen molar-refractivity contribution in [2.24, 2.45) is 5.73 Å². The molecule has 0 aliphatic heterocycles. The highest BCUT2D eigenvalue weighted by Crippen LogP contribution is 2.13. The number of hydrogen-bond donors (Lipinski definition) is 3. The van der Waals surface area contributed by atoms with Crippen LogP contribution in [0.1, 0.15) is 30.5 Å². The van der Waals surface area contributed by atoms with E-state index in [9.17, 15) is 13.2 Å². The molecule has 0 aromatic heterocycles. The van der Waals surface area contributed by atoms with Crippen molar-refractivity contribution < 1.29 is 13.2 Å². The molecule has 0 aliphatic carbocycles. The van der Waals surface area contributed by atoms with E-state index in [4.69, 9.17) is 5.73 Å². The summed E-state index contributed by atoms with van der Waals surface area (Å²) in [6.45, 7) is 3.78. The van der Waals surface area contributed by atoms with Gasteiger partial charge in [0.2, 0.25) is 15.9 Å². The largest absolute Gasteiger partial charge is 0.351 e. The quantitative estimate of drug-likeness (QED) is 0.607. The van der Waals surface area contributed by atoms with Gasteiger partial charge in [-0.25, -0.2) is 13.1 Å². The van der Waals surface area contributed by atoms with Crippen LogP contribution in [0, 0.1) is 0 Å². The van der Waals surface area contributed by atoms with Crippen LogP contribution in [-0.4, -0.2) is 26.4 Å². The number of amides is 1. The topological polar surface area (TPSA) is 101 Å². The molecule has 1 atom stereocenters. The van der Waals surface area contributed by atoms with E-state index in [1.807, 2.05) is 42.5 Å². The number of rotatable bonds is 9. The molecule has 0 fully saturated rings. The van der Waals surface area contributed by atoms with Crippen molar-refractivity contribution in [1.29, 1.82) is 0 Å². The second-order valence-electron chi connectivity index (χ2n) is 6.81. The van der Waals surface area contributed by atoms with Gasteiger partial charge in [0.1, 0.15) is 0 Å². The van der Waals surface area contributed by atoms with Crippen LogP contribution in [-0.2, 0) is 33.5 Å². The van der Waals surface area contributed by atoms with E-state index in [-0.39, 0.29) is 24.2 Å². The van der Waals surface area contributed by atoms with Crippen molar-refractivity contribution in [1.82, 2.24) is 10.0 Å². The minimum absolute atomic E-state index is 0.132. The predicted octanol–water partition coefficient (Wildman–Crippen LogP) is 1.70. The average molecular weight is 390 g/mol. The van der Waals surface area contributed by atoms with Gasteiger partial charge in [0.25, 0.3) is 0 Å². The molecule has 0 saturated carbocycles. The first-order chi connectivity index (χ1) is 12.8. The van der Waals surface area contributed by atoms with E-state index >= 15 is 0 Å². The van der Waals surface area contributed by atoms with Gasteiger partial charge in [-0.05, 0) is 37.0 Å². The molecule has 146 valence electrons. The number of sulfonamides is 1. The van der Waals surface area contributed by atoms with Crippen LogP contribution in [0.25, 0.3) is 0 Å². The summed E-state index contributed by atoms with van der Waals surface area (Å²) in [5.41, 5.74) is 8.39. The summed E-state index contributed by atoms with van der Waals surface area (Å²) in [7, 11) is -3.44. The van der Waals surface area contributed by atoms with Gasteiger partial charge in [0, 0.05) is 12.6 Å². The van der Waals surface area contributed by atoms with Crippen LogP contribution < -0.4 is 15.8 Å². The molecule has 0 saturated heterocycles. The minimum Gasteiger partial charge on any atom is -0.351 e. The molecule has 1 amide bonds. The van der Waals surface area contributed by atoms with Crippen LogP contribution in [0.15, 0.2) is 54.6 Å². The van der Waals surface area contributed by atoms with E-state index in [1.54, 1.807) is 26.0 Å². The number of carbonyl (C=O) groups excluding carboxylic acids is 1. The summed E-state index contributed by atoms with van der Waals surface area (Å²) in [5, 5.41) is 2.81. The van der Waals surface area contributed by atoms with Gasteiger partial charge in [-0.15, -0.1) is 0 Å². The molecule has 0 unspecified atom stereocenters. The third-order valence-corrected chi connectivity index (χ3v) is 5.49. The zero-order valence-corrected chi connectivity index (χ0v) is 16.5. The van der Waals surface area contributed by atoms with Gasteiger partial charge in [-0.3, -0.25) is 4.79 Å². The number of carbonyl (C=O) groups is 1. The van der Waals surface area contributed by atoms with Crippen molar-refractivity contribution in [3.05, 3.63) is 71.3 Å². The Kier molecular flexibility index (Phi) is 7.53. The van der Waals surface area contributed by atoms with Crippen molar-refractivity contribution in [3.8, 4) is 0 Å². The van der Waals surface area contributed by atoms with Gasteiger partial charge >= 0.3 is 0 Å². The van der Waals surface area contributed by atoms with Gasteiger partial charge in [-0.1, -0.05) is 54.6 Å². The van der Waals surface area contributed by atoms with Gasteiger partial charge < -0.3 is 11.1 Å². The van der Waals surface area contributed by atoms with E-state index in [1.165, 1.54) is 0 Å². The summed E-state index contributed by atoms with van der Waals surface area (Å²) >= 11 is 0. The lowest BCUT2D eigenvalue weighted by Gasteiger charge is -2.15. The number of nitrogens with two attached hydrogens (primary N) is 1. The number of nitrogens with one attached hydrogen (secondary N) is 2. The molecule has 0 bridgehead atoms. The van der Waals surface area contributed by atoms with Gasteiger partial charge in [-0.2, -0.15) is 0 Å². The predicted molar refractivity (Wildman–Crippen MR) is 107 cm³/mol. The summed E-state index contributed by atoms with van der Waals surface area (Å²) in [6, 6.07) is 15.9. The smallest absolute Gasteiger partial charge is 0.237 e. The lowest BCUT2D eigenvalue weighted by Crippen LogP contribution is -2.41. The molecule has 4 N–H and O–H groups in total. The van der Waals surface area contributed by atoms with Crippen LogP contribution in [0.2, 0.25) is 0 Å². The zero-order valence-electron chi connectivity index (χ0n) is 15.7. The second kappa shape index (κ2) is 9.64. The van der Waals surface area contributed by atoms with Gasteiger partial charge in [0.15, 0.2) is 0 Å². The normalized spacial score (nSPS) is 12.7. The summed E-state index contributed by atoms with van der Waals surface area (Å²) < 4.78 is 27.0. The van der Waals surface area contributed by atoms with Crippen molar-refractivity contribution in [2.45, 2.75) is 44.6 Å². The molecule has 2 aromatic rings.